The summed E-state index contributed by atoms with van der Waals surface area (Å²) in [4.78, 5) is 7.71. The number of piperidine rings is 1. The van der Waals surface area contributed by atoms with Crippen molar-refractivity contribution in [3.05, 3.63) is 30.3 Å². The highest BCUT2D eigenvalue weighted by molar-refractivity contribution is 14.0. The van der Waals surface area contributed by atoms with E-state index in [0.717, 1.165) is 50.7 Å². The lowest BCUT2D eigenvalue weighted by Crippen LogP contribution is -2.48. The number of hydrogen-bond donors (Lipinski definition) is 1. The van der Waals surface area contributed by atoms with Crippen LogP contribution in [-0.2, 0) is 10.0 Å². The average molecular weight is 567 g/mol. The van der Waals surface area contributed by atoms with Crippen molar-refractivity contribution in [2.24, 2.45) is 10.9 Å². The van der Waals surface area contributed by atoms with Gasteiger partial charge in [-0.2, -0.15) is 16.1 Å². The van der Waals surface area contributed by atoms with Crippen molar-refractivity contribution < 1.29 is 8.42 Å². The molecule has 170 valence electrons. The van der Waals surface area contributed by atoms with Gasteiger partial charge in [0, 0.05) is 50.3 Å². The van der Waals surface area contributed by atoms with E-state index in [-0.39, 0.29) is 24.0 Å². The van der Waals surface area contributed by atoms with Crippen molar-refractivity contribution in [2.45, 2.75) is 43.3 Å². The van der Waals surface area contributed by atoms with Gasteiger partial charge in [-0.15, -0.1) is 24.0 Å². The number of hydrogen-bond acceptors (Lipinski definition) is 4. The molecule has 0 aliphatic carbocycles. The first-order valence-corrected chi connectivity index (χ1v) is 13.2. The predicted octanol–water partition coefficient (Wildman–Crippen LogP) is 3.50. The van der Waals surface area contributed by atoms with Gasteiger partial charge in [-0.1, -0.05) is 25.1 Å². The quantitative estimate of drug-likeness (QED) is 0.325. The Morgan fingerprint density at radius 1 is 1.17 bits per heavy atom. The van der Waals surface area contributed by atoms with Crippen molar-refractivity contribution in [1.82, 2.24) is 14.5 Å². The maximum atomic E-state index is 12.8. The third-order valence-electron chi connectivity index (χ3n) is 5.68. The standard InChI is InChI=1S/C21H34N4O2S2.HI/c1-3-19-17-24(14-15-28-19)21(22-4-2)23-16-18-10-12-25(13-11-18)29(26,27)20-8-6-5-7-9-20;/h5-9,18-19H,3-4,10-17H2,1-2H3,(H,22,23);1H. The maximum absolute atomic E-state index is 12.8. The van der Waals surface area contributed by atoms with Crippen LogP contribution >= 0.6 is 35.7 Å². The first kappa shape index (κ1) is 25.7. The van der Waals surface area contributed by atoms with Crippen molar-refractivity contribution in [3.63, 3.8) is 0 Å². The van der Waals surface area contributed by atoms with Gasteiger partial charge in [0.1, 0.15) is 0 Å². The third kappa shape index (κ3) is 6.74. The summed E-state index contributed by atoms with van der Waals surface area (Å²) in [6.07, 6.45) is 2.92. The topological polar surface area (TPSA) is 65.0 Å². The van der Waals surface area contributed by atoms with Crippen molar-refractivity contribution >= 4 is 51.7 Å². The van der Waals surface area contributed by atoms with Gasteiger partial charge < -0.3 is 10.2 Å². The van der Waals surface area contributed by atoms with E-state index in [1.807, 2.05) is 6.07 Å². The van der Waals surface area contributed by atoms with E-state index in [2.05, 4.69) is 35.8 Å². The molecule has 2 aliphatic heterocycles. The number of nitrogens with one attached hydrogen (secondary N) is 1. The van der Waals surface area contributed by atoms with Crippen LogP contribution in [0.25, 0.3) is 0 Å². The fourth-order valence-corrected chi connectivity index (χ4v) is 6.54. The number of rotatable bonds is 6. The van der Waals surface area contributed by atoms with Crippen LogP contribution in [0.2, 0.25) is 0 Å². The van der Waals surface area contributed by atoms with Crippen LogP contribution in [0.1, 0.15) is 33.1 Å². The van der Waals surface area contributed by atoms with Gasteiger partial charge in [-0.05, 0) is 44.2 Å². The minimum atomic E-state index is -3.38. The Morgan fingerprint density at radius 3 is 2.50 bits per heavy atom. The molecule has 0 aromatic heterocycles. The van der Waals surface area contributed by atoms with Gasteiger partial charge >= 0.3 is 0 Å². The molecule has 3 rings (SSSR count). The van der Waals surface area contributed by atoms with E-state index in [0.29, 0.717) is 29.2 Å². The third-order valence-corrected chi connectivity index (χ3v) is 8.97. The predicted molar refractivity (Wildman–Crippen MR) is 137 cm³/mol. The summed E-state index contributed by atoms with van der Waals surface area (Å²) in [7, 11) is -3.38. The fraction of sp³-hybridized carbons (Fsp3) is 0.667. The summed E-state index contributed by atoms with van der Waals surface area (Å²) in [5, 5.41) is 4.13. The molecule has 2 aliphatic rings. The minimum absolute atomic E-state index is 0. The number of aliphatic imine (C=N–C) groups is 1. The number of sulfonamides is 1. The molecule has 0 bridgehead atoms. The van der Waals surface area contributed by atoms with E-state index in [4.69, 9.17) is 4.99 Å². The van der Waals surface area contributed by atoms with E-state index < -0.39 is 10.0 Å². The zero-order valence-electron chi connectivity index (χ0n) is 18.0. The molecular formula is C21H35IN4O2S2. The molecule has 0 amide bonds. The van der Waals surface area contributed by atoms with Crippen LogP contribution < -0.4 is 5.32 Å². The van der Waals surface area contributed by atoms with E-state index in [1.54, 1.807) is 28.6 Å². The molecule has 9 heteroatoms. The molecular weight excluding hydrogens is 531 g/mol. The Morgan fingerprint density at radius 2 is 1.87 bits per heavy atom. The zero-order chi connectivity index (χ0) is 20.7. The molecule has 1 N–H and O–H groups in total. The molecule has 1 atom stereocenters. The van der Waals surface area contributed by atoms with Gasteiger partial charge in [-0.3, -0.25) is 4.99 Å². The normalized spacial score (nSPS) is 21.9. The highest BCUT2D eigenvalue weighted by atomic mass is 127. The lowest BCUT2D eigenvalue weighted by atomic mass is 9.98. The van der Waals surface area contributed by atoms with Gasteiger partial charge in [0.15, 0.2) is 5.96 Å². The molecule has 6 nitrogen and oxygen atoms in total. The van der Waals surface area contributed by atoms with Gasteiger partial charge in [0.2, 0.25) is 10.0 Å². The minimum Gasteiger partial charge on any atom is -0.357 e. The number of nitrogens with zero attached hydrogens (tertiary/aromatic N) is 3. The Kier molecular flexibility index (Phi) is 10.7. The Bertz CT molecular complexity index is 768. The van der Waals surface area contributed by atoms with Crippen LogP contribution in [0.3, 0.4) is 0 Å². The number of thioether (sulfide) groups is 1. The molecule has 2 heterocycles. The second kappa shape index (κ2) is 12.5. The van der Waals surface area contributed by atoms with Gasteiger partial charge in [-0.25, -0.2) is 8.42 Å². The van der Waals surface area contributed by atoms with E-state index in [9.17, 15) is 8.42 Å². The summed E-state index contributed by atoms with van der Waals surface area (Å²) >= 11 is 2.06. The molecule has 1 aromatic rings. The molecule has 1 aromatic carbocycles. The van der Waals surface area contributed by atoms with Crippen LogP contribution in [0, 0.1) is 5.92 Å². The van der Waals surface area contributed by atoms with Crippen molar-refractivity contribution in [2.75, 3.05) is 45.0 Å². The summed E-state index contributed by atoms with van der Waals surface area (Å²) < 4.78 is 27.2. The highest BCUT2D eigenvalue weighted by Crippen LogP contribution is 2.24. The molecule has 2 saturated heterocycles. The molecule has 2 fully saturated rings. The SMILES string of the molecule is CCNC(=NCC1CCN(S(=O)(=O)c2ccccc2)CC1)N1CCSC(CC)C1.I. The van der Waals surface area contributed by atoms with Crippen molar-refractivity contribution in [1.29, 1.82) is 0 Å². The first-order valence-electron chi connectivity index (χ1n) is 10.7. The molecule has 0 saturated carbocycles. The second-order valence-electron chi connectivity index (χ2n) is 7.70. The lowest BCUT2D eigenvalue weighted by molar-refractivity contribution is 0.277. The number of halogens is 1. The average Bonchev–Trinajstić information content (AvgIpc) is 2.77. The zero-order valence-corrected chi connectivity index (χ0v) is 22.0. The summed E-state index contributed by atoms with van der Waals surface area (Å²) in [6, 6.07) is 8.75. The molecule has 30 heavy (non-hydrogen) atoms. The summed E-state index contributed by atoms with van der Waals surface area (Å²) in [5.74, 6) is 2.61. The summed E-state index contributed by atoms with van der Waals surface area (Å²) in [6.45, 7) is 9.25. The number of guanidine groups is 1. The van der Waals surface area contributed by atoms with Crippen LogP contribution in [-0.4, -0.2) is 73.9 Å². The van der Waals surface area contributed by atoms with Gasteiger partial charge in [0.25, 0.3) is 0 Å². The molecule has 0 radical (unpaired) electrons. The van der Waals surface area contributed by atoms with Crippen LogP contribution in [0.4, 0.5) is 0 Å². The van der Waals surface area contributed by atoms with Gasteiger partial charge in [0.05, 0.1) is 4.90 Å². The Balaban J connectivity index is 0.00000320. The fourth-order valence-electron chi connectivity index (χ4n) is 3.87. The first-order chi connectivity index (χ1) is 14.0. The van der Waals surface area contributed by atoms with E-state index in [1.165, 1.54) is 6.42 Å². The second-order valence-corrected chi connectivity index (χ2v) is 11.0. The van der Waals surface area contributed by atoms with Crippen LogP contribution in [0.5, 0.6) is 0 Å². The monoisotopic (exact) mass is 566 g/mol. The Hall–Kier alpha value is -0.520. The largest absolute Gasteiger partial charge is 0.357 e. The highest BCUT2D eigenvalue weighted by Gasteiger charge is 2.29. The van der Waals surface area contributed by atoms with Crippen LogP contribution in [0.15, 0.2) is 40.2 Å². The maximum Gasteiger partial charge on any atom is 0.243 e. The Labute approximate surface area is 203 Å². The van der Waals surface area contributed by atoms with Crippen molar-refractivity contribution in [3.8, 4) is 0 Å². The molecule has 1 unspecified atom stereocenters. The van der Waals surface area contributed by atoms with E-state index >= 15 is 0 Å². The lowest BCUT2D eigenvalue weighted by Gasteiger charge is -2.35. The smallest absolute Gasteiger partial charge is 0.243 e. The molecule has 0 spiro atoms. The summed E-state index contributed by atoms with van der Waals surface area (Å²) in [5.41, 5.74) is 0. The number of benzene rings is 1.